The molecule has 0 unspecified atom stereocenters. The lowest BCUT2D eigenvalue weighted by molar-refractivity contribution is -0.127. The lowest BCUT2D eigenvalue weighted by atomic mass is 10.0. The number of sulfone groups is 1. The molecule has 0 radical (unpaired) electrons. The molecule has 2 amide bonds. The minimum absolute atomic E-state index is 0.0230. The average Bonchev–Trinajstić information content (AvgIpc) is 3.35. The Hall–Kier alpha value is -3.14. The van der Waals surface area contributed by atoms with Gasteiger partial charge in [-0.15, -0.1) is 0 Å². The maximum absolute atomic E-state index is 12.7. The highest BCUT2D eigenvalue weighted by molar-refractivity contribution is 7.91. The Balaban J connectivity index is 1.75. The van der Waals surface area contributed by atoms with Crippen molar-refractivity contribution in [2.75, 3.05) is 18.9 Å². The molecule has 0 aliphatic heterocycles. The normalized spacial score (nSPS) is 12.9. The van der Waals surface area contributed by atoms with Gasteiger partial charge in [0.1, 0.15) is 23.0 Å². The van der Waals surface area contributed by atoms with Crippen LogP contribution >= 0.6 is 0 Å². The van der Waals surface area contributed by atoms with Gasteiger partial charge in [0.05, 0.1) is 12.3 Å². The van der Waals surface area contributed by atoms with Gasteiger partial charge in [0, 0.05) is 13.0 Å². The van der Waals surface area contributed by atoms with Crippen LogP contribution in [0, 0.1) is 5.92 Å². The zero-order valence-electron chi connectivity index (χ0n) is 20.9. The summed E-state index contributed by atoms with van der Waals surface area (Å²) in [6, 6.07) is 11.3. The van der Waals surface area contributed by atoms with E-state index >= 15 is 0 Å². The molecule has 2 aromatic rings. The fourth-order valence-corrected chi connectivity index (χ4v) is 4.79. The maximum Gasteiger partial charge on any atom is 0.257 e. The molecule has 9 nitrogen and oxygen atoms in total. The first-order valence-corrected chi connectivity index (χ1v) is 14.0. The van der Waals surface area contributed by atoms with E-state index in [4.69, 9.17) is 9.15 Å². The van der Waals surface area contributed by atoms with Gasteiger partial charge in [-0.05, 0) is 43.0 Å². The number of para-hydroxylation sites is 1. The van der Waals surface area contributed by atoms with Crippen molar-refractivity contribution >= 4 is 27.4 Å². The quantitative estimate of drug-likeness (QED) is 0.328. The van der Waals surface area contributed by atoms with Gasteiger partial charge in [0.25, 0.3) is 5.91 Å². The minimum Gasteiger partial charge on any atom is -0.484 e. The van der Waals surface area contributed by atoms with E-state index in [2.05, 4.69) is 10.6 Å². The van der Waals surface area contributed by atoms with Gasteiger partial charge in [-0.3, -0.25) is 14.4 Å². The number of furan rings is 1. The number of Topliss-reactive ketones (excluding diaryl/α,β-unsaturated/α-hetero) is 1. The molecular formula is C26H36N2O7S. The van der Waals surface area contributed by atoms with Crippen molar-refractivity contribution in [3.63, 3.8) is 0 Å². The van der Waals surface area contributed by atoms with Crippen molar-refractivity contribution in [1.82, 2.24) is 10.6 Å². The second-order valence-electron chi connectivity index (χ2n) is 8.89. The number of unbranched alkanes of at least 4 members (excludes halogenated alkanes) is 1. The highest BCUT2D eigenvalue weighted by Gasteiger charge is 2.26. The molecule has 0 spiro atoms. The summed E-state index contributed by atoms with van der Waals surface area (Å²) in [4.78, 5) is 37.2. The smallest absolute Gasteiger partial charge is 0.257 e. The Morgan fingerprint density at radius 3 is 2.44 bits per heavy atom. The molecule has 2 N–H and O–H groups in total. The van der Waals surface area contributed by atoms with E-state index in [1.165, 1.54) is 12.3 Å². The van der Waals surface area contributed by atoms with Crippen molar-refractivity contribution < 1.29 is 32.0 Å². The van der Waals surface area contributed by atoms with Crippen molar-refractivity contribution in [3.8, 4) is 5.75 Å². The van der Waals surface area contributed by atoms with Crippen LogP contribution in [0.1, 0.15) is 51.7 Å². The predicted molar refractivity (Wildman–Crippen MR) is 136 cm³/mol. The SMILES string of the molecule is CCCC[C@H](NC(=O)CC[C@H](C)CNC(=O)COc1ccccc1)C(=O)CS(=O)(=O)Cc1ccco1. The van der Waals surface area contributed by atoms with E-state index in [1.54, 1.807) is 18.2 Å². The number of amides is 2. The summed E-state index contributed by atoms with van der Waals surface area (Å²) < 4.78 is 35.3. The molecule has 0 saturated heterocycles. The first-order chi connectivity index (χ1) is 17.2. The summed E-state index contributed by atoms with van der Waals surface area (Å²) in [6.07, 6.45) is 3.90. The molecule has 0 saturated carbocycles. The zero-order chi connectivity index (χ0) is 26.4. The Labute approximate surface area is 212 Å². The number of ketones is 1. The molecular weight excluding hydrogens is 484 g/mol. The Morgan fingerprint density at radius 2 is 1.78 bits per heavy atom. The maximum atomic E-state index is 12.7. The average molecular weight is 521 g/mol. The largest absolute Gasteiger partial charge is 0.484 e. The van der Waals surface area contributed by atoms with E-state index in [0.29, 0.717) is 31.6 Å². The zero-order valence-corrected chi connectivity index (χ0v) is 21.7. The summed E-state index contributed by atoms with van der Waals surface area (Å²) in [5, 5.41) is 5.49. The monoisotopic (exact) mass is 520 g/mol. The van der Waals surface area contributed by atoms with Crippen LogP contribution < -0.4 is 15.4 Å². The summed E-state index contributed by atoms with van der Waals surface area (Å²) in [6.45, 7) is 4.15. The first-order valence-electron chi connectivity index (χ1n) is 12.2. The van der Waals surface area contributed by atoms with E-state index in [1.807, 2.05) is 32.0 Å². The third kappa shape index (κ3) is 11.5. The molecule has 1 aromatic carbocycles. The molecule has 1 aromatic heterocycles. The van der Waals surface area contributed by atoms with Gasteiger partial charge in [-0.1, -0.05) is 44.9 Å². The van der Waals surface area contributed by atoms with E-state index in [0.717, 1.165) is 6.42 Å². The summed E-state index contributed by atoms with van der Waals surface area (Å²) in [5.41, 5.74) is 0. The third-order valence-corrected chi connectivity index (χ3v) is 6.95. The summed E-state index contributed by atoms with van der Waals surface area (Å²) in [7, 11) is -3.72. The fraction of sp³-hybridized carbons (Fsp3) is 0.500. The molecule has 0 aliphatic rings. The number of carbonyl (C=O) groups is 3. The standard InChI is InChI=1S/C26H36N2O7S/c1-3-4-12-23(24(29)19-36(32,33)18-22-11-8-15-34-22)28-25(30)14-13-20(2)16-27-26(31)17-35-21-9-6-5-7-10-21/h5-11,15,20,23H,3-4,12-14,16-19H2,1-2H3,(H,27,31)(H,28,30)/t20-,23-/m0/s1. The molecule has 2 rings (SSSR count). The lowest BCUT2D eigenvalue weighted by Gasteiger charge is -2.18. The number of rotatable bonds is 17. The van der Waals surface area contributed by atoms with Crippen molar-refractivity contribution in [2.24, 2.45) is 5.92 Å². The Morgan fingerprint density at radius 1 is 1.03 bits per heavy atom. The highest BCUT2D eigenvalue weighted by atomic mass is 32.2. The van der Waals surface area contributed by atoms with Crippen LogP contribution in [0.25, 0.3) is 0 Å². The van der Waals surface area contributed by atoms with Gasteiger partial charge in [0.15, 0.2) is 22.2 Å². The van der Waals surface area contributed by atoms with Crippen LogP contribution in [0.15, 0.2) is 53.1 Å². The van der Waals surface area contributed by atoms with E-state index < -0.39 is 27.4 Å². The Bertz CT molecular complexity index is 1050. The van der Waals surface area contributed by atoms with E-state index in [-0.39, 0.29) is 42.3 Å². The lowest BCUT2D eigenvalue weighted by Crippen LogP contribution is -2.43. The second-order valence-corrected chi connectivity index (χ2v) is 11.0. The van der Waals surface area contributed by atoms with Crippen LogP contribution in [-0.2, 0) is 30.0 Å². The third-order valence-electron chi connectivity index (χ3n) is 5.50. The van der Waals surface area contributed by atoms with Crippen LogP contribution in [-0.4, -0.2) is 51.0 Å². The van der Waals surface area contributed by atoms with Crippen LogP contribution in [0.4, 0.5) is 0 Å². The number of carbonyl (C=O) groups excluding carboxylic acids is 3. The van der Waals surface area contributed by atoms with Crippen LogP contribution in [0.5, 0.6) is 5.75 Å². The first kappa shape index (κ1) is 29.1. The van der Waals surface area contributed by atoms with Gasteiger partial charge in [-0.25, -0.2) is 8.42 Å². The number of benzene rings is 1. The number of hydrogen-bond acceptors (Lipinski definition) is 7. The summed E-state index contributed by atoms with van der Waals surface area (Å²) in [5.74, 6) is -1.22. The highest BCUT2D eigenvalue weighted by Crippen LogP contribution is 2.11. The number of hydrogen-bond donors (Lipinski definition) is 2. The van der Waals surface area contributed by atoms with Crippen molar-refractivity contribution in [3.05, 3.63) is 54.5 Å². The molecule has 1 heterocycles. The van der Waals surface area contributed by atoms with Gasteiger partial charge in [-0.2, -0.15) is 0 Å². The summed E-state index contributed by atoms with van der Waals surface area (Å²) >= 11 is 0. The molecule has 10 heteroatoms. The van der Waals surface area contributed by atoms with E-state index in [9.17, 15) is 22.8 Å². The molecule has 36 heavy (non-hydrogen) atoms. The number of nitrogens with one attached hydrogen (secondary N) is 2. The fourth-order valence-electron chi connectivity index (χ4n) is 3.45. The Kier molecular flexibility index (Phi) is 12.2. The van der Waals surface area contributed by atoms with Crippen molar-refractivity contribution in [2.45, 2.75) is 57.7 Å². The van der Waals surface area contributed by atoms with Crippen molar-refractivity contribution in [1.29, 1.82) is 0 Å². The van der Waals surface area contributed by atoms with Gasteiger partial charge < -0.3 is 19.8 Å². The second kappa shape index (κ2) is 15.1. The molecule has 0 fully saturated rings. The number of ether oxygens (including phenoxy) is 1. The predicted octanol–water partition coefficient (Wildman–Crippen LogP) is 3.05. The van der Waals surface area contributed by atoms with Gasteiger partial charge in [0.2, 0.25) is 5.91 Å². The van der Waals surface area contributed by atoms with Crippen LogP contribution in [0.2, 0.25) is 0 Å². The topological polar surface area (TPSA) is 132 Å². The molecule has 198 valence electrons. The molecule has 2 atom stereocenters. The molecule has 0 aliphatic carbocycles. The minimum atomic E-state index is -3.72. The van der Waals surface area contributed by atoms with Crippen LogP contribution in [0.3, 0.4) is 0 Å². The van der Waals surface area contributed by atoms with Gasteiger partial charge >= 0.3 is 0 Å². The molecule has 0 bridgehead atoms.